The van der Waals surface area contributed by atoms with E-state index >= 15 is 0 Å². The summed E-state index contributed by atoms with van der Waals surface area (Å²) in [6.45, 7) is 4.43. The molecule has 5 rings (SSSR count). The number of aromatic nitrogens is 1. The summed E-state index contributed by atoms with van der Waals surface area (Å²) in [5.41, 5.74) is 4.87. The third kappa shape index (κ3) is 1.83. The molecular weight excluding hydrogens is 308 g/mol. The number of halogens is 1. The molecule has 0 unspecified atom stereocenters. The Bertz CT molecular complexity index is 925. The van der Waals surface area contributed by atoms with Gasteiger partial charge >= 0.3 is 0 Å². The Hall–Kier alpha value is -1.87. The van der Waals surface area contributed by atoms with Crippen LogP contribution in [0.4, 0.5) is 0 Å². The first-order valence-corrected chi connectivity index (χ1v) is 8.51. The van der Waals surface area contributed by atoms with Crippen LogP contribution in [0, 0.1) is 5.41 Å². The Morgan fingerprint density at radius 3 is 2.78 bits per heavy atom. The summed E-state index contributed by atoms with van der Waals surface area (Å²) in [5, 5.41) is 1.53. The summed E-state index contributed by atoms with van der Waals surface area (Å²) >= 11 is 6.18. The average molecular weight is 325 g/mol. The van der Waals surface area contributed by atoms with Crippen molar-refractivity contribution in [3.8, 4) is 0 Å². The molecule has 2 aromatic rings. The zero-order chi connectivity index (χ0) is 15.9. The molecule has 3 aliphatic rings. The van der Waals surface area contributed by atoms with E-state index in [0.717, 1.165) is 52.7 Å². The third-order valence-electron chi connectivity index (χ3n) is 5.03. The predicted octanol–water partition coefficient (Wildman–Crippen LogP) is 4.43. The molecule has 2 heterocycles. The number of carbonyl (C=O) groups is 1. The second-order valence-corrected chi connectivity index (χ2v) is 8.01. The van der Waals surface area contributed by atoms with Gasteiger partial charge in [0.1, 0.15) is 0 Å². The van der Waals surface area contributed by atoms with Crippen LogP contribution in [-0.4, -0.2) is 21.8 Å². The first kappa shape index (κ1) is 13.6. The van der Waals surface area contributed by atoms with Gasteiger partial charge in [0.25, 0.3) is 5.91 Å². The zero-order valence-corrected chi connectivity index (χ0v) is 13.9. The van der Waals surface area contributed by atoms with Crippen molar-refractivity contribution >= 4 is 34.1 Å². The molecule has 4 heteroatoms. The first-order valence-electron chi connectivity index (χ1n) is 8.13. The van der Waals surface area contributed by atoms with E-state index in [4.69, 9.17) is 16.6 Å². The number of amides is 1. The molecule has 23 heavy (non-hydrogen) atoms. The summed E-state index contributed by atoms with van der Waals surface area (Å²) in [5.74, 6) is 0.127. The van der Waals surface area contributed by atoms with Crippen molar-refractivity contribution in [1.29, 1.82) is 0 Å². The van der Waals surface area contributed by atoms with Crippen molar-refractivity contribution < 1.29 is 4.79 Å². The molecule has 0 atom stereocenters. The SMILES string of the molecule is CC1(C)C=C2c3c(nc4ccc(Cl)cc4c3C(=O)N2C2CC2)C1. The van der Waals surface area contributed by atoms with Gasteiger partial charge in [-0.25, -0.2) is 0 Å². The molecule has 1 amide bonds. The highest BCUT2D eigenvalue weighted by atomic mass is 35.5. The van der Waals surface area contributed by atoms with Crippen LogP contribution in [-0.2, 0) is 6.42 Å². The fourth-order valence-corrected chi connectivity index (χ4v) is 4.12. The maximum atomic E-state index is 13.2. The lowest BCUT2D eigenvalue weighted by Gasteiger charge is -2.30. The van der Waals surface area contributed by atoms with Gasteiger partial charge in [0.15, 0.2) is 0 Å². The van der Waals surface area contributed by atoms with E-state index in [1.54, 1.807) is 0 Å². The molecule has 0 spiro atoms. The lowest BCUT2D eigenvalue weighted by molar-refractivity contribution is 0.0844. The number of fused-ring (bicyclic) bond motifs is 2. The Kier molecular flexibility index (Phi) is 2.45. The fraction of sp³-hybridized carbons (Fsp3) is 0.368. The number of nitrogens with zero attached hydrogens (tertiary/aromatic N) is 2. The summed E-state index contributed by atoms with van der Waals surface area (Å²) in [6, 6.07) is 6.01. The number of hydrogen-bond donors (Lipinski definition) is 0. The Labute approximate surface area is 139 Å². The highest BCUT2D eigenvalue weighted by molar-refractivity contribution is 6.31. The largest absolute Gasteiger partial charge is 0.305 e. The monoisotopic (exact) mass is 324 g/mol. The van der Waals surface area contributed by atoms with E-state index in [1.165, 1.54) is 0 Å². The standard InChI is InChI=1S/C19H17ClN2O/c1-19(2)8-14-17-15(9-19)22(11-4-5-11)18(23)16(17)12-7-10(20)3-6-13(12)21-14/h3,6-7,9,11H,4-5,8H2,1-2H3. The Morgan fingerprint density at radius 1 is 1.26 bits per heavy atom. The maximum absolute atomic E-state index is 13.2. The molecule has 3 nitrogen and oxygen atoms in total. The van der Waals surface area contributed by atoms with Gasteiger partial charge < -0.3 is 4.90 Å². The number of benzene rings is 1. The lowest BCUT2D eigenvalue weighted by atomic mass is 9.79. The van der Waals surface area contributed by atoms with Gasteiger partial charge in [-0.05, 0) is 42.9 Å². The molecule has 116 valence electrons. The predicted molar refractivity (Wildman–Crippen MR) is 91.4 cm³/mol. The third-order valence-corrected chi connectivity index (χ3v) is 5.27. The van der Waals surface area contributed by atoms with Crippen molar-refractivity contribution in [1.82, 2.24) is 9.88 Å². The van der Waals surface area contributed by atoms with Gasteiger partial charge in [-0.1, -0.05) is 31.5 Å². The van der Waals surface area contributed by atoms with Crippen LogP contribution in [0.1, 0.15) is 48.3 Å². The van der Waals surface area contributed by atoms with Crippen LogP contribution in [0.15, 0.2) is 24.3 Å². The molecular formula is C19H17ClN2O. The van der Waals surface area contributed by atoms with Crippen molar-refractivity contribution in [2.75, 3.05) is 0 Å². The van der Waals surface area contributed by atoms with Crippen LogP contribution < -0.4 is 0 Å². The van der Waals surface area contributed by atoms with Gasteiger partial charge in [-0.15, -0.1) is 0 Å². The van der Waals surface area contributed by atoms with Gasteiger partial charge in [0, 0.05) is 22.0 Å². The lowest BCUT2D eigenvalue weighted by Crippen LogP contribution is -2.28. The fourth-order valence-electron chi connectivity index (χ4n) is 3.95. The van der Waals surface area contributed by atoms with Gasteiger partial charge in [0.05, 0.1) is 22.5 Å². The van der Waals surface area contributed by atoms with Gasteiger partial charge in [-0.3, -0.25) is 9.78 Å². The summed E-state index contributed by atoms with van der Waals surface area (Å²) in [6.07, 6.45) is 5.32. The zero-order valence-electron chi connectivity index (χ0n) is 13.2. The van der Waals surface area contributed by atoms with E-state index in [0.29, 0.717) is 11.1 Å². The number of pyridine rings is 1. The van der Waals surface area contributed by atoms with E-state index in [1.807, 2.05) is 23.1 Å². The number of rotatable bonds is 1. The average Bonchev–Trinajstić information content (AvgIpc) is 3.25. The first-order chi connectivity index (χ1) is 10.9. The van der Waals surface area contributed by atoms with Crippen molar-refractivity contribution in [2.24, 2.45) is 5.41 Å². The van der Waals surface area contributed by atoms with E-state index in [-0.39, 0.29) is 11.3 Å². The molecule has 1 fully saturated rings. The highest BCUT2D eigenvalue weighted by Crippen LogP contribution is 2.49. The molecule has 0 bridgehead atoms. The minimum absolute atomic E-state index is 0.0183. The topological polar surface area (TPSA) is 33.2 Å². The number of allylic oxidation sites excluding steroid dienone is 1. The Balaban J connectivity index is 1.89. The summed E-state index contributed by atoms with van der Waals surface area (Å²) in [4.78, 5) is 20.1. The van der Waals surface area contributed by atoms with Gasteiger partial charge in [0.2, 0.25) is 0 Å². The normalized spacial score (nSPS) is 21.6. The van der Waals surface area contributed by atoms with Crippen LogP contribution in [0.3, 0.4) is 0 Å². The van der Waals surface area contributed by atoms with E-state index in [9.17, 15) is 4.79 Å². The molecule has 1 aliphatic heterocycles. The van der Waals surface area contributed by atoms with E-state index < -0.39 is 0 Å². The van der Waals surface area contributed by atoms with Crippen LogP contribution >= 0.6 is 11.6 Å². The van der Waals surface area contributed by atoms with E-state index in [2.05, 4.69) is 19.9 Å². The molecule has 0 N–H and O–H groups in total. The van der Waals surface area contributed by atoms with Crippen molar-refractivity contribution in [3.63, 3.8) is 0 Å². The molecule has 2 aliphatic carbocycles. The number of hydrogen-bond acceptors (Lipinski definition) is 2. The molecule has 1 aromatic carbocycles. The van der Waals surface area contributed by atoms with Crippen LogP contribution in [0.5, 0.6) is 0 Å². The maximum Gasteiger partial charge on any atom is 0.259 e. The second-order valence-electron chi connectivity index (χ2n) is 7.57. The highest BCUT2D eigenvalue weighted by Gasteiger charge is 2.46. The summed E-state index contributed by atoms with van der Waals surface area (Å²) < 4.78 is 0. The molecule has 0 radical (unpaired) electrons. The smallest absolute Gasteiger partial charge is 0.259 e. The van der Waals surface area contributed by atoms with Crippen molar-refractivity contribution in [3.05, 3.63) is 46.1 Å². The minimum atomic E-state index is 0.0183. The van der Waals surface area contributed by atoms with Crippen LogP contribution in [0.2, 0.25) is 5.02 Å². The Morgan fingerprint density at radius 2 is 2.04 bits per heavy atom. The van der Waals surface area contributed by atoms with Crippen LogP contribution in [0.25, 0.3) is 16.6 Å². The molecule has 1 aromatic heterocycles. The second kappa shape index (κ2) is 4.15. The van der Waals surface area contributed by atoms with Gasteiger partial charge in [-0.2, -0.15) is 0 Å². The quantitative estimate of drug-likeness (QED) is 0.777. The molecule has 1 saturated carbocycles. The van der Waals surface area contributed by atoms with Crippen molar-refractivity contribution in [2.45, 2.75) is 39.2 Å². The molecule has 0 saturated heterocycles. The summed E-state index contributed by atoms with van der Waals surface area (Å²) in [7, 11) is 0. The minimum Gasteiger partial charge on any atom is -0.305 e. The number of carbonyl (C=O) groups excluding carboxylic acids is 1.